The standard InChI is InChI=1S/C10H11ClN6/c11-3-8-4-12-10(13-5-8)16-1-2-17-7-14-15-9(17)6-16/h4-5,7H,1-3,6H2. The van der Waals surface area contributed by atoms with E-state index in [0.717, 1.165) is 24.5 Å². The van der Waals surface area contributed by atoms with Gasteiger partial charge in [-0.05, 0) is 0 Å². The van der Waals surface area contributed by atoms with E-state index in [-0.39, 0.29) is 0 Å². The Labute approximate surface area is 103 Å². The summed E-state index contributed by atoms with van der Waals surface area (Å²) < 4.78 is 2.05. The fourth-order valence-corrected chi connectivity index (χ4v) is 1.96. The third-order valence-corrected chi connectivity index (χ3v) is 3.08. The number of aromatic nitrogens is 5. The summed E-state index contributed by atoms with van der Waals surface area (Å²) in [5.41, 5.74) is 0.926. The lowest BCUT2D eigenvalue weighted by Crippen LogP contribution is -2.34. The van der Waals surface area contributed by atoms with Crippen LogP contribution in [-0.4, -0.2) is 31.3 Å². The first kappa shape index (κ1) is 10.5. The molecule has 17 heavy (non-hydrogen) atoms. The second-order valence-corrected chi connectivity index (χ2v) is 4.15. The molecule has 3 rings (SSSR count). The van der Waals surface area contributed by atoms with Crippen molar-refractivity contribution in [2.45, 2.75) is 19.0 Å². The molecular weight excluding hydrogens is 240 g/mol. The van der Waals surface area contributed by atoms with Crippen molar-refractivity contribution in [3.63, 3.8) is 0 Å². The van der Waals surface area contributed by atoms with Crippen LogP contribution in [0.25, 0.3) is 0 Å². The van der Waals surface area contributed by atoms with Crippen LogP contribution >= 0.6 is 11.6 Å². The van der Waals surface area contributed by atoms with Crippen LogP contribution in [0.3, 0.4) is 0 Å². The molecule has 0 aromatic carbocycles. The van der Waals surface area contributed by atoms with Crippen LogP contribution in [0, 0.1) is 0 Å². The summed E-state index contributed by atoms with van der Waals surface area (Å²) in [6.07, 6.45) is 5.27. The molecule has 2 aromatic rings. The van der Waals surface area contributed by atoms with Crippen molar-refractivity contribution in [2.75, 3.05) is 11.4 Å². The molecule has 0 spiro atoms. The smallest absolute Gasteiger partial charge is 0.225 e. The maximum atomic E-state index is 5.70. The zero-order valence-corrected chi connectivity index (χ0v) is 9.88. The van der Waals surface area contributed by atoms with Gasteiger partial charge in [-0.3, -0.25) is 0 Å². The van der Waals surface area contributed by atoms with Crippen molar-refractivity contribution < 1.29 is 0 Å². The lowest BCUT2D eigenvalue weighted by molar-refractivity contribution is 0.551. The number of anilines is 1. The van der Waals surface area contributed by atoms with Gasteiger partial charge in [0.2, 0.25) is 5.95 Å². The number of nitrogens with zero attached hydrogens (tertiary/aromatic N) is 6. The van der Waals surface area contributed by atoms with Crippen molar-refractivity contribution in [1.82, 2.24) is 24.7 Å². The molecule has 88 valence electrons. The van der Waals surface area contributed by atoms with Gasteiger partial charge in [-0.25, -0.2) is 9.97 Å². The minimum Gasteiger partial charge on any atom is -0.331 e. The molecule has 0 amide bonds. The van der Waals surface area contributed by atoms with Crippen LogP contribution in [-0.2, 0) is 19.0 Å². The molecular formula is C10H11ClN6. The lowest BCUT2D eigenvalue weighted by Gasteiger charge is -2.26. The summed E-state index contributed by atoms with van der Waals surface area (Å²) in [5, 5.41) is 7.95. The summed E-state index contributed by atoms with van der Waals surface area (Å²) in [6, 6.07) is 0. The Morgan fingerprint density at radius 3 is 2.82 bits per heavy atom. The average Bonchev–Trinajstić information content (AvgIpc) is 2.86. The summed E-state index contributed by atoms with van der Waals surface area (Å²) in [5.74, 6) is 2.10. The minimum atomic E-state index is 0.439. The zero-order valence-electron chi connectivity index (χ0n) is 9.12. The molecule has 0 radical (unpaired) electrons. The monoisotopic (exact) mass is 250 g/mol. The van der Waals surface area contributed by atoms with Crippen LogP contribution in [0.4, 0.5) is 5.95 Å². The Hall–Kier alpha value is -1.69. The fourth-order valence-electron chi connectivity index (χ4n) is 1.82. The molecule has 0 N–H and O–H groups in total. The van der Waals surface area contributed by atoms with Gasteiger partial charge in [-0.1, -0.05) is 0 Å². The molecule has 6 nitrogen and oxygen atoms in total. The molecule has 3 heterocycles. The fraction of sp³-hybridized carbons (Fsp3) is 0.400. The Bertz CT molecular complexity index is 508. The van der Waals surface area contributed by atoms with Gasteiger partial charge in [0.1, 0.15) is 6.33 Å². The summed E-state index contributed by atoms with van der Waals surface area (Å²) in [6.45, 7) is 2.43. The van der Waals surface area contributed by atoms with E-state index in [4.69, 9.17) is 11.6 Å². The van der Waals surface area contributed by atoms with Crippen LogP contribution < -0.4 is 4.90 Å². The lowest BCUT2D eigenvalue weighted by atomic mass is 10.3. The number of alkyl halides is 1. The molecule has 0 saturated carbocycles. The first-order valence-electron chi connectivity index (χ1n) is 5.35. The topological polar surface area (TPSA) is 59.7 Å². The van der Waals surface area contributed by atoms with Gasteiger partial charge >= 0.3 is 0 Å². The van der Waals surface area contributed by atoms with Gasteiger partial charge in [0.25, 0.3) is 0 Å². The highest BCUT2D eigenvalue weighted by Gasteiger charge is 2.19. The second kappa shape index (κ2) is 4.29. The predicted molar refractivity (Wildman–Crippen MR) is 62.7 cm³/mol. The van der Waals surface area contributed by atoms with Crippen molar-refractivity contribution in [2.24, 2.45) is 0 Å². The molecule has 0 unspecified atom stereocenters. The maximum absolute atomic E-state index is 5.70. The summed E-state index contributed by atoms with van der Waals surface area (Å²) in [4.78, 5) is 10.7. The van der Waals surface area contributed by atoms with Crippen molar-refractivity contribution in [1.29, 1.82) is 0 Å². The van der Waals surface area contributed by atoms with Crippen LogP contribution in [0.5, 0.6) is 0 Å². The Balaban J connectivity index is 1.81. The molecule has 1 aliphatic rings. The molecule has 2 aromatic heterocycles. The number of hydrogen-bond donors (Lipinski definition) is 0. The SMILES string of the molecule is ClCc1cnc(N2CCn3cnnc3C2)nc1. The van der Waals surface area contributed by atoms with Gasteiger partial charge in [0.05, 0.1) is 12.4 Å². The molecule has 1 aliphatic heterocycles. The van der Waals surface area contributed by atoms with E-state index in [9.17, 15) is 0 Å². The average molecular weight is 251 g/mol. The Morgan fingerprint density at radius 1 is 1.24 bits per heavy atom. The van der Waals surface area contributed by atoms with Gasteiger partial charge in [0, 0.05) is 31.0 Å². The van der Waals surface area contributed by atoms with Gasteiger partial charge in [0.15, 0.2) is 5.82 Å². The van der Waals surface area contributed by atoms with Crippen molar-refractivity contribution in [3.8, 4) is 0 Å². The van der Waals surface area contributed by atoms with Gasteiger partial charge in [-0.2, -0.15) is 0 Å². The molecule has 0 fully saturated rings. The van der Waals surface area contributed by atoms with Crippen molar-refractivity contribution in [3.05, 3.63) is 30.1 Å². The third-order valence-electron chi connectivity index (χ3n) is 2.77. The molecule has 0 aliphatic carbocycles. The predicted octanol–water partition coefficient (Wildman–Crippen LogP) is 0.827. The Kier molecular flexibility index (Phi) is 2.64. The van der Waals surface area contributed by atoms with E-state index in [0.29, 0.717) is 18.4 Å². The highest BCUT2D eigenvalue weighted by Crippen LogP contribution is 2.15. The Morgan fingerprint density at radius 2 is 2.06 bits per heavy atom. The molecule has 0 bridgehead atoms. The molecule has 0 saturated heterocycles. The largest absolute Gasteiger partial charge is 0.331 e. The first-order valence-corrected chi connectivity index (χ1v) is 5.89. The maximum Gasteiger partial charge on any atom is 0.225 e. The van der Waals surface area contributed by atoms with E-state index in [1.807, 2.05) is 4.57 Å². The quantitative estimate of drug-likeness (QED) is 0.739. The normalized spacial score (nSPS) is 14.8. The van der Waals surface area contributed by atoms with Crippen LogP contribution in [0.15, 0.2) is 18.7 Å². The van der Waals surface area contributed by atoms with Crippen LogP contribution in [0.1, 0.15) is 11.4 Å². The first-order chi connectivity index (χ1) is 8.36. The minimum absolute atomic E-state index is 0.439. The van der Waals surface area contributed by atoms with E-state index in [2.05, 4.69) is 25.1 Å². The second-order valence-electron chi connectivity index (χ2n) is 3.89. The van der Waals surface area contributed by atoms with E-state index >= 15 is 0 Å². The van der Waals surface area contributed by atoms with E-state index in [1.165, 1.54) is 0 Å². The zero-order chi connectivity index (χ0) is 11.7. The molecule has 0 atom stereocenters. The number of rotatable bonds is 2. The highest BCUT2D eigenvalue weighted by molar-refractivity contribution is 6.17. The molecule has 7 heteroatoms. The third kappa shape index (κ3) is 1.95. The number of hydrogen-bond acceptors (Lipinski definition) is 5. The van der Waals surface area contributed by atoms with E-state index < -0.39 is 0 Å². The summed E-state index contributed by atoms with van der Waals surface area (Å²) in [7, 11) is 0. The van der Waals surface area contributed by atoms with E-state index in [1.54, 1.807) is 18.7 Å². The van der Waals surface area contributed by atoms with Gasteiger partial charge in [-0.15, -0.1) is 21.8 Å². The number of halogens is 1. The van der Waals surface area contributed by atoms with Gasteiger partial charge < -0.3 is 9.47 Å². The van der Waals surface area contributed by atoms with Crippen LogP contribution in [0.2, 0.25) is 0 Å². The summed E-state index contributed by atoms with van der Waals surface area (Å²) >= 11 is 5.70. The highest BCUT2D eigenvalue weighted by atomic mass is 35.5. The van der Waals surface area contributed by atoms with Crippen molar-refractivity contribution >= 4 is 17.5 Å². The number of fused-ring (bicyclic) bond motifs is 1.